The molecule has 0 radical (unpaired) electrons. The van der Waals surface area contributed by atoms with Gasteiger partial charge in [0.15, 0.2) is 0 Å². The van der Waals surface area contributed by atoms with Crippen LogP contribution in [0.3, 0.4) is 0 Å². The van der Waals surface area contributed by atoms with Crippen LogP contribution in [0.1, 0.15) is 34.0 Å². The molecule has 0 aromatic rings. The van der Waals surface area contributed by atoms with Crippen molar-refractivity contribution in [2.75, 3.05) is 13.1 Å². The van der Waals surface area contributed by atoms with Gasteiger partial charge in [-0.1, -0.05) is 13.3 Å². The largest absolute Gasteiger partial charge is 0.465 e. The smallest absolute Gasteiger partial charge is 0.407 e. The summed E-state index contributed by atoms with van der Waals surface area (Å²) in [6.45, 7) is 2.81. The van der Waals surface area contributed by atoms with Crippen molar-refractivity contribution in [3.8, 4) is 0 Å². The van der Waals surface area contributed by atoms with Crippen LogP contribution in [0.4, 0.5) is 4.79 Å². The van der Waals surface area contributed by atoms with E-state index in [1.54, 1.807) is 0 Å². The summed E-state index contributed by atoms with van der Waals surface area (Å²) in [6, 6.07) is 0. The molecule has 0 saturated carbocycles. The molecule has 14 heavy (non-hydrogen) atoms. The molecule has 1 amide bonds. The van der Waals surface area contributed by atoms with E-state index in [1.165, 1.54) is 4.90 Å². The summed E-state index contributed by atoms with van der Waals surface area (Å²) in [5, 5.41) is 18.6. The highest BCUT2D eigenvalue weighted by molar-refractivity contribution is 5.64. The lowest BCUT2D eigenvalue weighted by Gasteiger charge is -2.32. The molecule has 82 valence electrons. The molecule has 1 heterocycles. The maximum absolute atomic E-state index is 10.7. The number of likely N-dealkylation sites (tertiary alicyclic amines) is 1. The van der Waals surface area contributed by atoms with Crippen LogP contribution in [0.5, 0.6) is 0 Å². The van der Waals surface area contributed by atoms with Crippen LogP contribution in [0.25, 0.3) is 0 Å². The van der Waals surface area contributed by atoms with Crippen molar-refractivity contribution < 1.29 is 16.4 Å². The lowest BCUT2D eigenvalue weighted by molar-refractivity contribution is 0.0524. The van der Waals surface area contributed by atoms with Gasteiger partial charge in [0.2, 0.25) is 0 Å². The number of amides is 1. The van der Waals surface area contributed by atoms with Crippen molar-refractivity contribution in [3.05, 3.63) is 0 Å². The lowest BCUT2D eigenvalue weighted by Crippen LogP contribution is -2.40. The highest BCUT2D eigenvalue weighted by atomic mass is 16.4. The summed E-state index contributed by atoms with van der Waals surface area (Å²) < 4.78 is 7.78. The highest BCUT2D eigenvalue weighted by Gasteiger charge is 2.26. The lowest BCUT2D eigenvalue weighted by atomic mass is 9.89. The van der Waals surface area contributed by atoms with Crippen molar-refractivity contribution in [3.63, 3.8) is 0 Å². The first kappa shape index (κ1) is 9.77. The Balaban J connectivity index is 2.46. The molecule has 0 spiro atoms. The second-order valence-corrected chi connectivity index (χ2v) is 3.79. The third-order valence-corrected chi connectivity index (χ3v) is 2.74. The molecular formula is C10H19NO3. The average molecular weight is 202 g/mol. The molecule has 1 aliphatic rings. The first-order valence-corrected chi connectivity index (χ1v) is 5.17. The van der Waals surface area contributed by atoms with E-state index in [0.717, 1.165) is 6.42 Å². The topological polar surface area (TPSA) is 60.8 Å². The van der Waals surface area contributed by atoms with Crippen LogP contribution in [0.15, 0.2) is 0 Å². The van der Waals surface area contributed by atoms with Gasteiger partial charge >= 0.3 is 6.09 Å². The van der Waals surface area contributed by atoms with E-state index >= 15 is 0 Å². The van der Waals surface area contributed by atoms with Crippen LogP contribution in [-0.4, -0.2) is 40.4 Å². The van der Waals surface area contributed by atoms with Crippen molar-refractivity contribution >= 4 is 6.09 Å². The van der Waals surface area contributed by atoms with E-state index in [1.807, 2.05) is 6.92 Å². The van der Waals surface area contributed by atoms with E-state index < -0.39 is 12.2 Å². The number of nitrogens with zero attached hydrogens (tertiary/aromatic N) is 1. The summed E-state index contributed by atoms with van der Waals surface area (Å²) in [5.41, 5.74) is 0. The summed E-state index contributed by atoms with van der Waals surface area (Å²) in [5.74, 6) is -0.0898. The predicted molar refractivity (Wildman–Crippen MR) is 53.2 cm³/mol. The van der Waals surface area contributed by atoms with Gasteiger partial charge in [-0.05, 0) is 25.2 Å². The Morgan fingerprint density at radius 2 is 2.21 bits per heavy atom. The minimum atomic E-state index is -1.38. The predicted octanol–water partition coefficient (Wildman–Crippen LogP) is 1.54. The molecule has 0 aromatic heterocycles. The number of hydrogen-bond donors (Lipinski definition) is 2. The Morgan fingerprint density at radius 3 is 2.64 bits per heavy atom. The van der Waals surface area contributed by atoms with Gasteiger partial charge in [-0.2, -0.15) is 0 Å². The van der Waals surface area contributed by atoms with E-state index in [9.17, 15) is 9.90 Å². The average Bonchev–Trinajstić information content (AvgIpc) is 2.18. The Morgan fingerprint density at radius 1 is 1.64 bits per heavy atom. The van der Waals surface area contributed by atoms with Crippen LogP contribution >= 0.6 is 0 Å². The fraction of sp³-hybridized carbons (Fsp3) is 0.900. The summed E-state index contributed by atoms with van der Waals surface area (Å²) >= 11 is 0. The number of aliphatic hydroxyl groups is 1. The third-order valence-electron chi connectivity index (χ3n) is 2.74. The van der Waals surface area contributed by atoms with Gasteiger partial charge < -0.3 is 15.1 Å². The standard InChI is InChI=1S/C10H19NO3/c1-2-3-9(12)8-4-6-11(7-5-8)10(13)14/h8-9,12H,2-7H2,1H3,(H,13,14)/i9D. The fourth-order valence-electron chi connectivity index (χ4n) is 1.86. The first-order valence-electron chi connectivity index (χ1n) is 5.67. The molecule has 2 N–H and O–H groups in total. The van der Waals surface area contributed by atoms with E-state index in [4.69, 9.17) is 6.48 Å². The van der Waals surface area contributed by atoms with Gasteiger partial charge in [-0.25, -0.2) is 4.79 Å². The van der Waals surface area contributed by atoms with Gasteiger partial charge in [0, 0.05) is 13.1 Å². The maximum Gasteiger partial charge on any atom is 0.407 e. The van der Waals surface area contributed by atoms with Gasteiger partial charge in [-0.15, -0.1) is 0 Å². The third kappa shape index (κ3) is 2.87. The fourth-order valence-corrected chi connectivity index (χ4v) is 1.86. The first-order chi connectivity index (χ1) is 6.97. The minimum absolute atomic E-state index is 0.0898. The summed E-state index contributed by atoms with van der Waals surface area (Å²) in [6.07, 6.45) is 0.138. The van der Waals surface area contributed by atoms with Gasteiger partial charge in [0.05, 0.1) is 7.45 Å². The molecule has 4 nitrogen and oxygen atoms in total. The zero-order valence-corrected chi connectivity index (χ0v) is 8.57. The van der Waals surface area contributed by atoms with E-state index in [-0.39, 0.29) is 5.92 Å². The zero-order chi connectivity index (χ0) is 11.5. The number of carbonyl (C=O) groups is 1. The summed E-state index contributed by atoms with van der Waals surface area (Å²) in [7, 11) is 0. The van der Waals surface area contributed by atoms with Gasteiger partial charge in [0.1, 0.15) is 0 Å². The van der Waals surface area contributed by atoms with Crippen molar-refractivity contribution in [1.82, 2.24) is 4.90 Å². The molecule has 1 unspecified atom stereocenters. The maximum atomic E-state index is 10.7. The normalized spacial score (nSPS) is 24.1. The molecule has 1 fully saturated rings. The molecule has 0 bridgehead atoms. The number of piperidine rings is 1. The number of rotatable bonds is 3. The van der Waals surface area contributed by atoms with Crippen LogP contribution < -0.4 is 0 Å². The number of carboxylic acid groups (broad SMARTS) is 1. The van der Waals surface area contributed by atoms with Crippen molar-refractivity contribution in [2.45, 2.75) is 38.7 Å². The molecule has 1 atom stereocenters. The van der Waals surface area contributed by atoms with Crippen molar-refractivity contribution in [2.24, 2.45) is 5.92 Å². The second kappa shape index (κ2) is 5.20. The molecule has 1 saturated heterocycles. The Hall–Kier alpha value is -0.770. The van der Waals surface area contributed by atoms with Gasteiger partial charge in [0.25, 0.3) is 0 Å². The van der Waals surface area contributed by atoms with Crippen LogP contribution in [0.2, 0.25) is 0 Å². The van der Waals surface area contributed by atoms with Crippen LogP contribution in [0, 0.1) is 5.92 Å². The van der Waals surface area contributed by atoms with E-state index in [2.05, 4.69) is 0 Å². The quantitative estimate of drug-likeness (QED) is 0.729. The Labute approximate surface area is 85.9 Å². The molecular weight excluding hydrogens is 182 g/mol. The molecule has 1 aliphatic heterocycles. The monoisotopic (exact) mass is 202 g/mol. The minimum Gasteiger partial charge on any atom is -0.465 e. The Kier molecular flexibility index (Phi) is 3.63. The SMILES string of the molecule is [2H]C(O)(CCC)C1CCN(C(=O)O)CC1. The highest BCUT2D eigenvalue weighted by Crippen LogP contribution is 2.22. The van der Waals surface area contributed by atoms with Crippen molar-refractivity contribution in [1.29, 1.82) is 0 Å². The Bertz CT molecular complexity index is 225. The zero-order valence-electron chi connectivity index (χ0n) is 9.57. The second-order valence-electron chi connectivity index (χ2n) is 3.79. The van der Waals surface area contributed by atoms with Crippen LogP contribution in [-0.2, 0) is 0 Å². The molecule has 4 heteroatoms. The van der Waals surface area contributed by atoms with Gasteiger partial charge in [-0.3, -0.25) is 0 Å². The molecule has 0 aliphatic carbocycles. The number of hydrogen-bond acceptors (Lipinski definition) is 2. The molecule has 1 rings (SSSR count). The summed E-state index contributed by atoms with van der Waals surface area (Å²) in [4.78, 5) is 12.0. The van der Waals surface area contributed by atoms with E-state index in [0.29, 0.717) is 32.4 Å². The molecule has 0 aromatic carbocycles.